The molecule has 0 saturated carbocycles. The monoisotopic (exact) mass is 170 g/mol. The molecule has 0 aromatic carbocycles. The summed E-state index contributed by atoms with van der Waals surface area (Å²) >= 11 is 0. The predicted octanol–water partition coefficient (Wildman–Crippen LogP) is 0.904. The van der Waals surface area contributed by atoms with Gasteiger partial charge in [0.2, 0.25) is 0 Å². The molecule has 0 saturated heterocycles. The molecular weight excluding hydrogens is 156 g/mol. The van der Waals surface area contributed by atoms with E-state index in [2.05, 4.69) is 5.10 Å². The zero-order chi connectivity index (χ0) is 9.14. The highest BCUT2D eigenvalue weighted by molar-refractivity contribution is 4.98. The van der Waals surface area contributed by atoms with Crippen LogP contribution in [0.1, 0.15) is 25.6 Å². The van der Waals surface area contributed by atoms with Gasteiger partial charge in [0.05, 0.1) is 12.3 Å². The SMILES string of the molecule is COCc1cc(=O)n(C(C)C)[nH]1. The van der Waals surface area contributed by atoms with Crippen LogP contribution in [-0.4, -0.2) is 16.9 Å². The summed E-state index contributed by atoms with van der Waals surface area (Å²) in [6, 6.07) is 1.73. The van der Waals surface area contributed by atoms with Gasteiger partial charge in [-0.05, 0) is 13.8 Å². The Kier molecular flexibility index (Phi) is 2.70. The van der Waals surface area contributed by atoms with Crippen molar-refractivity contribution in [2.45, 2.75) is 26.5 Å². The maximum atomic E-state index is 11.2. The van der Waals surface area contributed by atoms with Gasteiger partial charge in [0.25, 0.3) is 5.56 Å². The topological polar surface area (TPSA) is 47.0 Å². The van der Waals surface area contributed by atoms with Gasteiger partial charge >= 0.3 is 0 Å². The third-order valence-corrected chi connectivity index (χ3v) is 1.62. The highest BCUT2D eigenvalue weighted by Gasteiger charge is 2.04. The third kappa shape index (κ3) is 1.76. The van der Waals surface area contributed by atoms with Gasteiger partial charge in [-0.3, -0.25) is 14.6 Å². The number of ether oxygens (including phenoxy) is 1. The molecule has 1 rings (SSSR count). The van der Waals surface area contributed by atoms with E-state index in [0.29, 0.717) is 6.61 Å². The van der Waals surface area contributed by atoms with Crippen molar-refractivity contribution in [1.82, 2.24) is 9.78 Å². The maximum Gasteiger partial charge on any atom is 0.267 e. The van der Waals surface area contributed by atoms with Crippen LogP contribution < -0.4 is 5.56 Å². The van der Waals surface area contributed by atoms with Crippen molar-refractivity contribution in [2.24, 2.45) is 0 Å². The van der Waals surface area contributed by atoms with E-state index >= 15 is 0 Å². The summed E-state index contributed by atoms with van der Waals surface area (Å²) < 4.78 is 6.47. The first-order chi connectivity index (χ1) is 5.65. The van der Waals surface area contributed by atoms with E-state index in [4.69, 9.17) is 4.74 Å². The Bertz CT molecular complexity index is 298. The van der Waals surface area contributed by atoms with Gasteiger partial charge in [0, 0.05) is 19.2 Å². The molecule has 1 heterocycles. The Morgan fingerprint density at radius 1 is 1.67 bits per heavy atom. The third-order valence-electron chi connectivity index (χ3n) is 1.62. The predicted molar refractivity (Wildman–Crippen MR) is 46.2 cm³/mol. The van der Waals surface area contributed by atoms with Crippen molar-refractivity contribution in [2.75, 3.05) is 7.11 Å². The summed E-state index contributed by atoms with van der Waals surface area (Å²) in [4.78, 5) is 11.2. The van der Waals surface area contributed by atoms with E-state index in [0.717, 1.165) is 5.69 Å². The molecule has 1 aromatic rings. The van der Waals surface area contributed by atoms with Crippen molar-refractivity contribution < 1.29 is 4.74 Å². The number of H-pyrrole nitrogens is 1. The number of hydrogen-bond acceptors (Lipinski definition) is 2. The van der Waals surface area contributed by atoms with Crippen molar-refractivity contribution in [3.05, 3.63) is 22.1 Å². The number of aromatic amines is 1. The molecule has 0 aliphatic rings. The summed E-state index contributed by atoms with van der Waals surface area (Å²) in [6.45, 7) is 4.36. The second-order valence-electron chi connectivity index (χ2n) is 3.02. The molecule has 0 aliphatic carbocycles. The quantitative estimate of drug-likeness (QED) is 0.732. The lowest BCUT2D eigenvalue weighted by atomic mass is 10.4. The van der Waals surface area contributed by atoms with E-state index in [1.807, 2.05) is 13.8 Å². The zero-order valence-corrected chi connectivity index (χ0v) is 7.63. The fourth-order valence-electron chi connectivity index (χ4n) is 1.07. The molecule has 0 bridgehead atoms. The van der Waals surface area contributed by atoms with Gasteiger partial charge in [-0.2, -0.15) is 0 Å². The standard InChI is InChI=1S/C8H14N2O2/c1-6(2)10-8(11)4-7(9-10)5-12-3/h4,6,9H,5H2,1-3H3. The maximum absolute atomic E-state index is 11.2. The number of rotatable bonds is 3. The fourth-order valence-corrected chi connectivity index (χ4v) is 1.07. The second kappa shape index (κ2) is 3.58. The summed E-state index contributed by atoms with van der Waals surface area (Å²) in [6.07, 6.45) is 0. The van der Waals surface area contributed by atoms with Gasteiger partial charge < -0.3 is 4.74 Å². The Balaban J connectivity index is 2.93. The Labute approximate surface area is 71.1 Å². The Hall–Kier alpha value is -1.03. The van der Waals surface area contributed by atoms with Gasteiger partial charge in [-0.25, -0.2) is 0 Å². The number of nitrogens with zero attached hydrogens (tertiary/aromatic N) is 1. The normalized spacial score (nSPS) is 11.0. The van der Waals surface area contributed by atoms with E-state index in [1.165, 1.54) is 0 Å². The Morgan fingerprint density at radius 2 is 2.33 bits per heavy atom. The largest absolute Gasteiger partial charge is 0.378 e. The van der Waals surface area contributed by atoms with Crippen LogP contribution in [0, 0.1) is 0 Å². The van der Waals surface area contributed by atoms with E-state index in [1.54, 1.807) is 17.9 Å². The van der Waals surface area contributed by atoms with Gasteiger partial charge in [-0.15, -0.1) is 0 Å². The lowest BCUT2D eigenvalue weighted by Gasteiger charge is -2.04. The molecule has 0 radical (unpaired) electrons. The van der Waals surface area contributed by atoms with Gasteiger partial charge in [0.15, 0.2) is 0 Å². The molecule has 0 unspecified atom stereocenters. The first kappa shape index (κ1) is 9.06. The molecule has 1 aromatic heterocycles. The van der Waals surface area contributed by atoms with Crippen LogP contribution in [-0.2, 0) is 11.3 Å². The summed E-state index contributed by atoms with van der Waals surface area (Å²) in [5, 5.41) is 2.96. The zero-order valence-electron chi connectivity index (χ0n) is 7.63. The van der Waals surface area contributed by atoms with Gasteiger partial charge in [-0.1, -0.05) is 0 Å². The lowest BCUT2D eigenvalue weighted by Crippen LogP contribution is -2.17. The minimum atomic E-state index is -0.00273. The van der Waals surface area contributed by atoms with Crippen molar-refractivity contribution in [3.63, 3.8) is 0 Å². The molecule has 0 aliphatic heterocycles. The van der Waals surface area contributed by atoms with Crippen molar-refractivity contribution in [1.29, 1.82) is 0 Å². The van der Waals surface area contributed by atoms with Crippen LogP contribution in [0.15, 0.2) is 10.9 Å². The molecule has 12 heavy (non-hydrogen) atoms. The molecule has 68 valence electrons. The second-order valence-corrected chi connectivity index (χ2v) is 3.02. The van der Waals surface area contributed by atoms with E-state index in [-0.39, 0.29) is 11.6 Å². The first-order valence-electron chi connectivity index (χ1n) is 3.94. The molecule has 1 N–H and O–H groups in total. The Morgan fingerprint density at radius 3 is 2.75 bits per heavy atom. The molecule has 4 nitrogen and oxygen atoms in total. The van der Waals surface area contributed by atoms with Gasteiger partial charge in [0.1, 0.15) is 0 Å². The highest BCUT2D eigenvalue weighted by Crippen LogP contribution is 1.99. The van der Waals surface area contributed by atoms with Crippen LogP contribution in [0.3, 0.4) is 0 Å². The minimum absolute atomic E-state index is 0.00273. The first-order valence-corrected chi connectivity index (χ1v) is 3.94. The van der Waals surface area contributed by atoms with E-state index in [9.17, 15) is 4.79 Å². The smallest absolute Gasteiger partial charge is 0.267 e. The number of nitrogens with one attached hydrogen (secondary N) is 1. The van der Waals surface area contributed by atoms with E-state index < -0.39 is 0 Å². The fraction of sp³-hybridized carbons (Fsp3) is 0.625. The molecular formula is C8H14N2O2. The lowest BCUT2D eigenvalue weighted by molar-refractivity contribution is 0.180. The van der Waals surface area contributed by atoms with Crippen LogP contribution >= 0.6 is 0 Å². The molecule has 0 spiro atoms. The minimum Gasteiger partial charge on any atom is -0.378 e. The van der Waals surface area contributed by atoms with Crippen molar-refractivity contribution in [3.8, 4) is 0 Å². The number of hydrogen-bond donors (Lipinski definition) is 1. The molecule has 0 amide bonds. The van der Waals surface area contributed by atoms with Crippen LogP contribution in [0.2, 0.25) is 0 Å². The summed E-state index contributed by atoms with van der Waals surface area (Å²) in [7, 11) is 1.60. The molecule has 0 fully saturated rings. The average Bonchev–Trinajstić information content (AvgIpc) is 2.32. The molecule has 4 heteroatoms. The van der Waals surface area contributed by atoms with Crippen LogP contribution in [0.4, 0.5) is 0 Å². The average molecular weight is 170 g/mol. The molecule has 0 atom stereocenters. The summed E-state index contributed by atoms with van der Waals surface area (Å²) in [5.41, 5.74) is 0.813. The van der Waals surface area contributed by atoms with Crippen LogP contribution in [0.25, 0.3) is 0 Å². The summed E-state index contributed by atoms with van der Waals surface area (Å²) in [5.74, 6) is 0. The van der Waals surface area contributed by atoms with Crippen molar-refractivity contribution >= 4 is 0 Å². The number of methoxy groups -OCH3 is 1. The number of aromatic nitrogens is 2. The highest BCUT2D eigenvalue weighted by atomic mass is 16.5. The van der Waals surface area contributed by atoms with Crippen LogP contribution in [0.5, 0.6) is 0 Å².